The number of aromatic nitrogens is 2. The highest BCUT2D eigenvalue weighted by Crippen LogP contribution is 2.29. The molecule has 0 amide bonds. The summed E-state index contributed by atoms with van der Waals surface area (Å²) in [5, 5.41) is 3.13. The van der Waals surface area contributed by atoms with E-state index in [4.69, 9.17) is 9.47 Å². The normalized spacial score (nSPS) is 11.0. The number of ether oxygens (including phenoxy) is 2. The lowest BCUT2D eigenvalue weighted by Gasteiger charge is -2.14. The summed E-state index contributed by atoms with van der Waals surface area (Å²) < 4.78 is 38.1. The molecule has 2 aromatic carbocycles. The Morgan fingerprint density at radius 1 is 1.00 bits per heavy atom. The van der Waals surface area contributed by atoms with Gasteiger partial charge in [0, 0.05) is 18.9 Å². The molecule has 3 aromatic rings. The second-order valence-corrected chi connectivity index (χ2v) is 6.12. The number of alkyl halides is 2. The van der Waals surface area contributed by atoms with Crippen molar-refractivity contribution < 1.29 is 18.3 Å². The van der Waals surface area contributed by atoms with Crippen LogP contribution in [0.25, 0.3) is 0 Å². The second kappa shape index (κ2) is 9.85. The molecule has 5 nitrogen and oxygen atoms in total. The highest BCUT2D eigenvalue weighted by atomic mass is 19.3. The predicted molar refractivity (Wildman–Crippen MR) is 102 cm³/mol. The van der Waals surface area contributed by atoms with Crippen LogP contribution in [0.15, 0.2) is 60.9 Å². The maximum absolute atomic E-state index is 12.9. The molecule has 28 heavy (non-hydrogen) atoms. The first-order valence-electron chi connectivity index (χ1n) is 9.10. The molecule has 0 aliphatic heterocycles. The standard InChI is InChI=1S/C21H23F2N3O2/c1-2-27-19-12-17(13-24-14-20-25-10-11-26(20)21(22)23)8-9-18(19)28-15-16-6-4-3-5-7-16/h3-12,21,24H,2,13-15H2,1H3. The molecule has 0 unspecified atom stereocenters. The largest absolute Gasteiger partial charge is 0.490 e. The van der Waals surface area contributed by atoms with E-state index in [9.17, 15) is 8.78 Å². The van der Waals surface area contributed by atoms with Crippen LogP contribution in [0, 0.1) is 0 Å². The molecular weight excluding hydrogens is 364 g/mol. The number of nitrogens with zero attached hydrogens (tertiary/aromatic N) is 2. The second-order valence-electron chi connectivity index (χ2n) is 6.12. The van der Waals surface area contributed by atoms with Crippen molar-refractivity contribution in [2.24, 2.45) is 0 Å². The van der Waals surface area contributed by atoms with Gasteiger partial charge < -0.3 is 14.8 Å². The third-order valence-electron chi connectivity index (χ3n) is 4.12. The molecule has 0 aliphatic rings. The Morgan fingerprint density at radius 2 is 1.82 bits per heavy atom. The van der Waals surface area contributed by atoms with E-state index < -0.39 is 6.55 Å². The lowest BCUT2D eigenvalue weighted by Crippen LogP contribution is -2.17. The van der Waals surface area contributed by atoms with Crippen LogP contribution < -0.4 is 14.8 Å². The maximum Gasteiger partial charge on any atom is 0.319 e. The van der Waals surface area contributed by atoms with Crippen LogP contribution in [0.2, 0.25) is 0 Å². The number of benzene rings is 2. The number of nitrogens with one attached hydrogen (secondary N) is 1. The molecule has 0 aliphatic carbocycles. The molecule has 7 heteroatoms. The molecule has 0 atom stereocenters. The quantitative estimate of drug-likeness (QED) is 0.555. The van der Waals surface area contributed by atoms with Crippen molar-refractivity contribution in [1.82, 2.24) is 14.9 Å². The fraction of sp³-hybridized carbons (Fsp3) is 0.286. The Kier molecular flexibility index (Phi) is 6.97. The Bertz CT molecular complexity index is 869. The third kappa shape index (κ3) is 5.29. The first-order valence-corrected chi connectivity index (χ1v) is 9.10. The van der Waals surface area contributed by atoms with E-state index >= 15 is 0 Å². The van der Waals surface area contributed by atoms with Crippen molar-refractivity contribution >= 4 is 0 Å². The molecule has 1 N–H and O–H groups in total. The van der Waals surface area contributed by atoms with Gasteiger partial charge in [-0.3, -0.25) is 4.57 Å². The topological polar surface area (TPSA) is 48.3 Å². The van der Waals surface area contributed by atoms with Crippen molar-refractivity contribution in [2.75, 3.05) is 6.61 Å². The molecule has 0 saturated carbocycles. The van der Waals surface area contributed by atoms with Crippen molar-refractivity contribution in [3.63, 3.8) is 0 Å². The van der Waals surface area contributed by atoms with Crippen molar-refractivity contribution in [3.8, 4) is 11.5 Å². The first-order chi connectivity index (χ1) is 13.7. The molecule has 1 aromatic heterocycles. The van der Waals surface area contributed by atoms with Gasteiger partial charge in [0.2, 0.25) is 0 Å². The van der Waals surface area contributed by atoms with Crippen LogP contribution in [0.3, 0.4) is 0 Å². The molecule has 0 bridgehead atoms. The van der Waals surface area contributed by atoms with E-state index in [-0.39, 0.29) is 6.54 Å². The van der Waals surface area contributed by atoms with E-state index in [1.165, 1.54) is 12.4 Å². The molecule has 148 valence electrons. The first kappa shape index (κ1) is 19.8. The molecule has 3 rings (SSSR count). The summed E-state index contributed by atoms with van der Waals surface area (Å²) in [5.41, 5.74) is 2.04. The minimum Gasteiger partial charge on any atom is -0.490 e. The van der Waals surface area contributed by atoms with E-state index in [1.807, 2.05) is 55.5 Å². The van der Waals surface area contributed by atoms with Crippen molar-refractivity contribution in [3.05, 3.63) is 77.9 Å². The average molecular weight is 387 g/mol. The molecule has 0 saturated heterocycles. The number of imidazole rings is 1. The Hall–Kier alpha value is -2.93. The van der Waals surface area contributed by atoms with Gasteiger partial charge in [0.25, 0.3) is 0 Å². The van der Waals surface area contributed by atoms with Gasteiger partial charge in [-0.25, -0.2) is 4.98 Å². The van der Waals surface area contributed by atoms with Gasteiger partial charge in [-0.1, -0.05) is 36.4 Å². The fourth-order valence-corrected chi connectivity index (χ4v) is 2.76. The number of hydrogen-bond donors (Lipinski definition) is 1. The third-order valence-corrected chi connectivity index (χ3v) is 4.12. The van der Waals surface area contributed by atoms with Crippen LogP contribution in [-0.2, 0) is 19.7 Å². The SMILES string of the molecule is CCOc1cc(CNCc2nccn2C(F)F)ccc1OCc1ccccc1. The Balaban J connectivity index is 1.60. The van der Waals surface area contributed by atoms with E-state index in [0.29, 0.717) is 37.1 Å². The van der Waals surface area contributed by atoms with Gasteiger partial charge in [-0.2, -0.15) is 8.78 Å². The summed E-state index contributed by atoms with van der Waals surface area (Å²) in [5.74, 6) is 1.62. The zero-order valence-electron chi connectivity index (χ0n) is 15.6. The molecular formula is C21H23F2N3O2. The van der Waals surface area contributed by atoms with Crippen molar-refractivity contribution in [2.45, 2.75) is 33.2 Å². The van der Waals surface area contributed by atoms with Crippen LogP contribution in [0.1, 0.15) is 30.4 Å². The van der Waals surface area contributed by atoms with Gasteiger partial charge in [0.15, 0.2) is 11.5 Å². The number of hydrogen-bond acceptors (Lipinski definition) is 4. The van der Waals surface area contributed by atoms with E-state index in [2.05, 4.69) is 10.3 Å². The molecule has 0 fully saturated rings. The van der Waals surface area contributed by atoms with Crippen molar-refractivity contribution in [1.29, 1.82) is 0 Å². The minimum atomic E-state index is -2.59. The lowest BCUT2D eigenvalue weighted by molar-refractivity contribution is 0.0666. The van der Waals surface area contributed by atoms with Gasteiger partial charge in [0.05, 0.1) is 13.2 Å². The summed E-state index contributed by atoms with van der Waals surface area (Å²) in [7, 11) is 0. The number of rotatable bonds is 10. The number of halogens is 2. The predicted octanol–water partition coefficient (Wildman–Crippen LogP) is 4.55. The summed E-state index contributed by atoms with van der Waals surface area (Å²) in [6.07, 6.45) is 2.64. The summed E-state index contributed by atoms with van der Waals surface area (Å²) >= 11 is 0. The van der Waals surface area contributed by atoms with Crippen LogP contribution in [-0.4, -0.2) is 16.2 Å². The van der Waals surface area contributed by atoms with Gasteiger partial charge in [0.1, 0.15) is 12.4 Å². The van der Waals surface area contributed by atoms with E-state index in [1.54, 1.807) is 0 Å². The fourth-order valence-electron chi connectivity index (χ4n) is 2.76. The summed E-state index contributed by atoms with van der Waals surface area (Å²) in [6, 6.07) is 15.6. The molecule has 0 spiro atoms. The van der Waals surface area contributed by atoms with Gasteiger partial charge >= 0.3 is 6.55 Å². The van der Waals surface area contributed by atoms with Gasteiger partial charge in [-0.05, 0) is 30.2 Å². The Labute approximate surface area is 162 Å². The monoisotopic (exact) mass is 387 g/mol. The zero-order chi connectivity index (χ0) is 19.8. The summed E-state index contributed by atoms with van der Waals surface area (Å²) in [4.78, 5) is 3.96. The molecule has 0 radical (unpaired) electrons. The van der Waals surface area contributed by atoms with Gasteiger partial charge in [-0.15, -0.1) is 0 Å². The maximum atomic E-state index is 12.9. The van der Waals surface area contributed by atoms with Crippen LogP contribution in [0.4, 0.5) is 8.78 Å². The van der Waals surface area contributed by atoms with Crippen LogP contribution in [0.5, 0.6) is 11.5 Å². The smallest absolute Gasteiger partial charge is 0.319 e. The zero-order valence-corrected chi connectivity index (χ0v) is 15.6. The molecule has 1 heterocycles. The van der Waals surface area contributed by atoms with E-state index in [0.717, 1.165) is 15.7 Å². The Morgan fingerprint density at radius 3 is 2.57 bits per heavy atom. The minimum absolute atomic E-state index is 0.244. The van der Waals surface area contributed by atoms with Crippen LogP contribution >= 0.6 is 0 Å². The average Bonchev–Trinajstić information content (AvgIpc) is 3.17. The summed E-state index contributed by atoms with van der Waals surface area (Å²) in [6.45, 7) is 1.03. The lowest BCUT2D eigenvalue weighted by atomic mass is 10.2. The highest BCUT2D eigenvalue weighted by molar-refractivity contribution is 5.43. The highest BCUT2D eigenvalue weighted by Gasteiger charge is 2.11.